The Labute approximate surface area is 175 Å². The average molecular weight is 406 g/mol. The number of hydrogen-bond acceptors (Lipinski definition) is 4. The van der Waals surface area contributed by atoms with Crippen LogP contribution in [0.25, 0.3) is 0 Å². The van der Waals surface area contributed by atoms with E-state index in [1.165, 1.54) is 6.07 Å². The van der Waals surface area contributed by atoms with Crippen molar-refractivity contribution in [1.29, 1.82) is 5.26 Å². The molecule has 0 unspecified atom stereocenters. The molecular formula is C24H23FN2O3. The molecule has 0 aliphatic carbocycles. The number of amides is 1. The van der Waals surface area contributed by atoms with Crippen molar-refractivity contribution >= 4 is 11.9 Å². The van der Waals surface area contributed by atoms with E-state index in [4.69, 9.17) is 10.00 Å². The molecule has 0 spiro atoms. The highest BCUT2D eigenvalue weighted by Crippen LogP contribution is 2.25. The van der Waals surface area contributed by atoms with Crippen LogP contribution in [0.2, 0.25) is 0 Å². The van der Waals surface area contributed by atoms with Crippen molar-refractivity contribution in [1.82, 2.24) is 4.90 Å². The zero-order valence-electron chi connectivity index (χ0n) is 16.7. The lowest BCUT2D eigenvalue weighted by molar-refractivity contribution is -0.131. The summed E-state index contributed by atoms with van der Waals surface area (Å²) in [5.41, 5.74) is 3.42. The fraction of sp³-hybridized carbons (Fsp3) is 0.375. The van der Waals surface area contributed by atoms with E-state index in [1.54, 1.807) is 18.2 Å². The number of nitrogens with zero attached hydrogens (tertiary/aromatic N) is 2. The number of esters is 1. The van der Waals surface area contributed by atoms with Crippen LogP contribution in [0.15, 0.2) is 36.4 Å². The molecule has 1 saturated heterocycles. The van der Waals surface area contributed by atoms with E-state index in [1.807, 2.05) is 23.1 Å². The molecule has 0 N–H and O–H groups in total. The normalized spacial score (nSPS) is 16.1. The molecule has 0 radical (unpaired) electrons. The van der Waals surface area contributed by atoms with E-state index in [2.05, 4.69) is 0 Å². The SMILES string of the molecule is N#Cc1cc(CCC2CCN(C(=O)Cc3ccc4c(c3)COC4=O)CC2)ccc1F. The van der Waals surface area contributed by atoms with Crippen LogP contribution < -0.4 is 0 Å². The van der Waals surface area contributed by atoms with Crippen LogP contribution >= 0.6 is 0 Å². The number of benzene rings is 2. The Hall–Kier alpha value is -3.20. The number of halogens is 1. The Morgan fingerprint density at radius 2 is 1.93 bits per heavy atom. The second kappa shape index (κ2) is 8.66. The molecule has 4 rings (SSSR count). The monoisotopic (exact) mass is 406 g/mol. The van der Waals surface area contributed by atoms with E-state index in [9.17, 15) is 14.0 Å². The number of nitriles is 1. The molecule has 1 fully saturated rings. The minimum atomic E-state index is -0.476. The highest BCUT2D eigenvalue weighted by Gasteiger charge is 2.24. The number of aryl methyl sites for hydroxylation is 1. The summed E-state index contributed by atoms with van der Waals surface area (Å²) in [5.74, 6) is -0.145. The van der Waals surface area contributed by atoms with E-state index in [-0.39, 0.29) is 24.0 Å². The van der Waals surface area contributed by atoms with Gasteiger partial charge in [0.15, 0.2) is 0 Å². The number of hydrogen-bond donors (Lipinski definition) is 0. The van der Waals surface area contributed by atoms with Crippen molar-refractivity contribution in [2.75, 3.05) is 13.1 Å². The van der Waals surface area contributed by atoms with Crippen LogP contribution in [0, 0.1) is 23.1 Å². The molecule has 0 bridgehead atoms. The lowest BCUT2D eigenvalue weighted by Crippen LogP contribution is -2.39. The molecule has 0 atom stereocenters. The standard InChI is InChI=1S/C24H23FN2O3/c25-22-6-4-17(11-19(22)14-26)2-1-16-7-9-27(10-8-16)23(28)13-18-3-5-21-20(12-18)15-30-24(21)29/h3-6,11-12,16H,1-2,7-10,13,15H2. The first-order chi connectivity index (χ1) is 14.5. The lowest BCUT2D eigenvalue weighted by atomic mass is 9.90. The molecule has 0 aromatic heterocycles. The van der Waals surface area contributed by atoms with Gasteiger partial charge in [0.25, 0.3) is 0 Å². The van der Waals surface area contributed by atoms with Gasteiger partial charge in [0.05, 0.1) is 17.5 Å². The van der Waals surface area contributed by atoms with E-state index < -0.39 is 5.82 Å². The molecule has 2 aromatic rings. The second-order valence-corrected chi connectivity index (χ2v) is 8.03. The minimum Gasteiger partial charge on any atom is -0.457 e. The minimum absolute atomic E-state index is 0.0930. The second-order valence-electron chi connectivity index (χ2n) is 8.03. The van der Waals surface area contributed by atoms with E-state index >= 15 is 0 Å². The van der Waals surface area contributed by atoms with Crippen LogP contribution in [0.5, 0.6) is 0 Å². The van der Waals surface area contributed by atoms with Gasteiger partial charge in [-0.1, -0.05) is 18.2 Å². The number of fused-ring (bicyclic) bond motifs is 1. The highest BCUT2D eigenvalue weighted by molar-refractivity contribution is 5.93. The molecule has 6 heteroatoms. The first kappa shape index (κ1) is 20.1. The molecule has 30 heavy (non-hydrogen) atoms. The number of rotatable bonds is 5. The summed E-state index contributed by atoms with van der Waals surface area (Å²) in [5, 5.41) is 8.96. The Morgan fingerprint density at radius 1 is 1.17 bits per heavy atom. The molecule has 2 aliphatic heterocycles. The lowest BCUT2D eigenvalue weighted by Gasteiger charge is -2.32. The van der Waals surface area contributed by atoms with Gasteiger partial charge in [0.1, 0.15) is 18.5 Å². The molecule has 2 aliphatic rings. The first-order valence-electron chi connectivity index (χ1n) is 10.3. The summed E-state index contributed by atoms with van der Waals surface area (Å²) >= 11 is 0. The van der Waals surface area contributed by atoms with Crippen molar-refractivity contribution < 1.29 is 18.7 Å². The van der Waals surface area contributed by atoms with E-state index in [0.29, 0.717) is 17.9 Å². The van der Waals surface area contributed by atoms with Crippen molar-refractivity contribution in [2.45, 2.75) is 38.7 Å². The van der Waals surface area contributed by atoms with Gasteiger partial charge in [0.2, 0.25) is 5.91 Å². The average Bonchev–Trinajstić information content (AvgIpc) is 3.13. The summed E-state index contributed by atoms with van der Waals surface area (Å²) in [7, 11) is 0. The van der Waals surface area contributed by atoms with Gasteiger partial charge < -0.3 is 9.64 Å². The molecular weight excluding hydrogens is 383 g/mol. The molecule has 5 nitrogen and oxygen atoms in total. The van der Waals surface area contributed by atoms with Gasteiger partial charge in [-0.2, -0.15) is 5.26 Å². The molecule has 0 saturated carbocycles. The van der Waals surface area contributed by atoms with E-state index in [0.717, 1.165) is 55.5 Å². The molecule has 1 amide bonds. The third-order valence-corrected chi connectivity index (χ3v) is 6.06. The fourth-order valence-corrected chi connectivity index (χ4v) is 4.24. The molecule has 154 valence electrons. The zero-order chi connectivity index (χ0) is 21.1. The van der Waals surface area contributed by atoms with Gasteiger partial charge >= 0.3 is 5.97 Å². The quantitative estimate of drug-likeness (QED) is 0.709. The van der Waals surface area contributed by atoms with Gasteiger partial charge in [-0.3, -0.25) is 4.79 Å². The number of carbonyl (C=O) groups is 2. The number of cyclic esters (lactones) is 1. The Morgan fingerprint density at radius 3 is 2.70 bits per heavy atom. The highest BCUT2D eigenvalue weighted by atomic mass is 19.1. The summed E-state index contributed by atoms with van der Waals surface area (Å²) < 4.78 is 18.5. The largest absolute Gasteiger partial charge is 0.457 e. The van der Waals surface area contributed by atoms with Crippen molar-refractivity contribution in [3.05, 3.63) is 70.0 Å². The topological polar surface area (TPSA) is 70.4 Å². The van der Waals surface area contributed by atoms with Crippen molar-refractivity contribution in [3.63, 3.8) is 0 Å². The fourth-order valence-electron chi connectivity index (χ4n) is 4.24. The summed E-state index contributed by atoms with van der Waals surface area (Å²) in [6.45, 7) is 1.76. The van der Waals surface area contributed by atoms with Gasteiger partial charge in [-0.15, -0.1) is 0 Å². The number of carbonyl (C=O) groups excluding carboxylic acids is 2. The van der Waals surface area contributed by atoms with Crippen LogP contribution in [-0.2, 0) is 29.0 Å². The Balaban J connectivity index is 1.26. The van der Waals surface area contributed by atoms with Crippen LogP contribution in [-0.4, -0.2) is 29.9 Å². The molecule has 2 heterocycles. The Bertz CT molecular complexity index is 1020. The first-order valence-corrected chi connectivity index (χ1v) is 10.3. The smallest absolute Gasteiger partial charge is 0.338 e. The predicted molar refractivity (Wildman–Crippen MR) is 108 cm³/mol. The van der Waals surface area contributed by atoms with Crippen molar-refractivity contribution in [2.24, 2.45) is 5.92 Å². The van der Waals surface area contributed by atoms with Crippen LogP contribution in [0.4, 0.5) is 4.39 Å². The van der Waals surface area contributed by atoms with Crippen molar-refractivity contribution in [3.8, 4) is 6.07 Å². The van der Waals surface area contributed by atoms with Crippen LogP contribution in [0.3, 0.4) is 0 Å². The third kappa shape index (κ3) is 4.35. The van der Waals surface area contributed by atoms with Gasteiger partial charge in [0, 0.05) is 18.7 Å². The number of ether oxygens (including phenoxy) is 1. The molecule has 2 aromatic carbocycles. The van der Waals surface area contributed by atoms with Crippen LogP contribution in [0.1, 0.15) is 51.9 Å². The number of likely N-dealkylation sites (tertiary alicyclic amines) is 1. The summed E-state index contributed by atoms with van der Waals surface area (Å²) in [6, 6.07) is 12.1. The predicted octanol–water partition coefficient (Wildman–Crippen LogP) is 3.78. The summed E-state index contributed by atoms with van der Waals surface area (Å²) in [4.78, 5) is 26.1. The maximum Gasteiger partial charge on any atom is 0.338 e. The zero-order valence-corrected chi connectivity index (χ0v) is 16.7. The maximum absolute atomic E-state index is 13.4. The Kier molecular flexibility index (Phi) is 5.80. The van der Waals surface area contributed by atoms with Gasteiger partial charge in [-0.25, -0.2) is 9.18 Å². The maximum atomic E-state index is 13.4. The van der Waals surface area contributed by atoms with Gasteiger partial charge in [-0.05, 0) is 60.9 Å². The summed E-state index contributed by atoms with van der Waals surface area (Å²) in [6.07, 6.45) is 4.01. The number of piperidine rings is 1. The third-order valence-electron chi connectivity index (χ3n) is 6.06.